The van der Waals surface area contributed by atoms with Gasteiger partial charge in [0.25, 0.3) is 0 Å². The first-order valence-corrected chi connectivity index (χ1v) is 36.1. The first-order chi connectivity index (χ1) is 40.4. The summed E-state index contributed by atoms with van der Waals surface area (Å²) in [7, 11) is 1.48. The van der Waals surface area contributed by atoms with Gasteiger partial charge in [0, 0.05) is 12.8 Å². The monoisotopic (exact) mass is 1180 g/mol. The van der Waals surface area contributed by atoms with Crippen molar-refractivity contribution in [3.63, 3.8) is 0 Å². The van der Waals surface area contributed by atoms with Crippen LogP contribution in [0.4, 0.5) is 0 Å². The highest BCUT2D eigenvalue weighted by molar-refractivity contribution is 7.47. The van der Waals surface area contributed by atoms with E-state index in [9.17, 15) is 19.0 Å². The van der Waals surface area contributed by atoms with Gasteiger partial charge in [-0.05, 0) is 109 Å². The van der Waals surface area contributed by atoms with Gasteiger partial charge in [0.15, 0.2) is 0 Å². The van der Waals surface area contributed by atoms with Crippen molar-refractivity contribution >= 4 is 19.7 Å². The van der Waals surface area contributed by atoms with Crippen LogP contribution in [0.5, 0.6) is 0 Å². The molecule has 0 aliphatic heterocycles. The van der Waals surface area contributed by atoms with E-state index in [1.165, 1.54) is 148 Å². The number of ether oxygens (including phenoxy) is 1. The van der Waals surface area contributed by atoms with Gasteiger partial charge in [-0.1, -0.05) is 279 Å². The molecular weight excluding hydrogens is 1050 g/mol. The third-order valence-electron chi connectivity index (χ3n) is 15.0. The van der Waals surface area contributed by atoms with Crippen molar-refractivity contribution in [1.29, 1.82) is 0 Å². The lowest BCUT2D eigenvalue weighted by atomic mass is 10.0. The predicted molar refractivity (Wildman–Crippen MR) is 360 cm³/mol. The zero-order valence-electron chi connectivity index (χ0n) is 54.9. The van der Waals surface area contributed by atoms with E-state index >= 15 is 0 Å². The fourth-order valence-corrected chi connectivity index (χ4v) is 10.4. The molecule has 2 N–H and O–H groups in total. The Morgan fingerprint density at radius 3 is 1.17 bits per heavy atom. The number of carbonyl (C=O) groups is 2. The molecule has 0 spiro atoms. The summed E-state index contributed by atoms with van der Waals surface area (Å²) >= 11 is 0. The molecule has 3 atom stereocenters. The SMILES string of the molecule is CC/C=C\C/C=C\C/C=C\C/C=C\C/C=C\C/C=C\CCCCCCCCC(=O)NC(COP(=O)(O)OCC[N+](C)(C)C)C(/C=C\CCCCCCCCCCCCC)OC(=O)CCCCCCCCCCC/C=C/CCCCCCCC. The van der Waals surface area contributed by atoms with E-state index in [-0.39, 0.29) is 31.5 Å². The lowest BCUT2D eigenvalue weighted by Crippen LogP contribution is -2.47. The molecule has 0 aliphatic rings. The number of hydrogen-bond acceptors (Lipinski definition) is 6. The molecule has 9 nitrogen and oxygen atoms in total. The molecule has 480 valence electrons. The molecule has 0 aromatic heterocycles. The van der Waals surface area contributed by atoms with E-state index in [2.05, 4.69) is 111 Å². The van der Waals surface area contributed by atoms with E-state index in [1.54, 1.807) is 0 Å². The van der Waals surface area contributed by atoms with Crippen LogP contribution in [0.3, 0.4) is 0 Å². The summed E-state index contributed by atoms with van der Waals surface area (Å²) in [5.74, 6) is -0.521. The average Bonchev–Trinajstić information content (AvgIpc) is 3.46. The lowest BCUT2D eigenvalue weighted by molar-refractivity contribution is -0.870. The third kappa shape index (κ3) is 63.3. The number of likely N-dealkylation sites (N-methyl/N-ethyl adjacent to an activating group) is 1. The van der Waals surface area contributed by atoms with E-state index in [1.807, 2.05) is 33.3 Å². The smallest absolute Gasteiger partial charge is 0.456 e. The molecular formula is C73H132N2O7P+. The van der Waals surface area contributed by atoms with Gasteiger partial charge in [-0.2, -0.15) is 0 Å². The maximum Gasteiger partial charge on any atom is 0.472 e. The number of esters is 1. The number of hydrogen-bond donors (Lipinski definition) is 2. The summed E-state index contributed by atoms with van der Waals surface area (Å²) < 4.78 is 30.8. The van der Waals surface area contributed by atoms with E-state index in [4.69, 9.17) is 13.8 Å². The quantitative estimate of drug-likeness (QED) is 0.0205. The minimum atomic E-state index is -4.46. The number of unbranched alkanes of at least 4 members (excludes halogenated alkanes) is 32. The maximum absolute atomic E-state index is 13.6. The number of phosphoric ester groups is 1. The molecule has 0 aromatic rings. The number of nitrogens with one attached hydrogen (secondary N) is 1. The van der Waals surface area contributed by atoms with Crippen LogP contribution in [0.15, 0.2) is 97.2 Å². The Morgan fingerprint density at radius 2 is 0.771 bits per heavy atom. The Balaban J connectivity index is 5.19. The van der Waals surface area contributed by atoms with Crippen LogP contribution < -0.4 is 5.32 Å². The second-order valence-electron chi connectivity index (χ2n) is 24.3. The normalized spacial score (nSPS) is 14.2. The van der Waals surface area contributed by atoms with Crippen LogP contribution in [0, 0.1) is 0 Å². The molecule has 0 radical (unpaired) electrons. The number of carbonyl (C=O) groups excluding carboxylic acids is 2. The maximum atomic E-state index is 13.6. The number of nitrogens with zero attached hydrogens (tertiary/aromatic N) is 1. The van der Waals surface area contributed by atoms with Crippen LogP contribution in [-0.2, 0) is 27.9 Å². The Hall–Kier alpha value is -3.07. The summed E-state index contributed by atoms with van der Waals surface area (Å²) in [4.78, 5) is 37.9. The summed E-state index contributed by atoms with van der Waals surface area (Å²) in [5.41, 5.74) is 0. The highest BCUT2D eigenvalue weighted by Crippen LogP contribution is 2.43. The van der Waals surface area contributed by atoms with Gasteiger partial charge in [-0.15, -0.1) is 0 Å². The van der Waals surface area contributed by atoms with E-state index in [0.717, 1.165) is 122 Å². The van der Waals surface area contributed by atoms with Crippen molar-refractivity contribution in [2.75, 3.05) is 40.9 Å². The molecule has 0 aliphatic carbocycles. The van der Waals surface area contributed by atoms with Gasteiger partial charge < -0.3 is 19.4 Å². The summed E-state index contributed by atoms with van der Waals surface area (Å²) in [6.45, 7) is 6.90. The van der Waals surface area contributed by atoms with Gasteiger partial charge in [0.2, 0.25) is 5.91 Å². The van der Waals surface area contributed by atoms with Crippen molar-refractivity contribution in [3.05, 3.63) is 97.2 Å². The van der Waals surface area contributed by atoms with Crippen molar-refractivity contribution in [3.8, 4) is 0 Å². The number of phosphoric acid groups is 1. The summed E-state index contributed by atoms with van der Waals surface area (Å²) in [5, 5.41) is 3.06. The minimum Gasteiger partial charge on any atom is -0.456 e. The van der Waals surface area contributed by atoms with Gasteiger partial charge >= 0.3 is 13.8 Å². The zero-order chi connectivity index (χ0) is 60.7. The molecule has 83 heavy (non-hydrogen) atoms. The first-order valence-electron chi connectivity index (χ1n) is 34.6. The standard InChI is InChI=1S/C73H131N2O7P/c1-7-10-13-16-19-22-25-28-30-32-34-35-36-37-38-39-41-42-44-47-50-53-56-59-62-65-72(76)74-70(69-81-83(78,79)80-68-67-75(4,5)6)71(64-61-58-55-52-49-46-27-24-21-18-15-12-9-3)82-73(77)66-63-60-57-54-51-48-45-43-40-33-31-29-26-23-20-17-14-11-8-2/h10,13,19,22,28-31,34-35,37-38,41-42,61,64,70-71H,7-9,11-12,14-18,20-21,23-27,32-33,36,39-40,43-60,62-63,65-69H2,1-6H3,(H-,74,76,78,79)/p+1/b13-10-,22-19-,30-28-,31-29+,35-34-,38-37-,42-41-,64-61-. The van der Waals surface area contributed by atoms with Crippen LogP contribution in [0.25, 0.3) is 0 Å². The van der Waals surface area contributed by atoms with Crippen LogP contribution in [0.2, 0.25) is 0 Å². The molecule has 0 saturated heterocycles. The van der Waals surface area contributed by atoms with E-state index < -0.39 is 20.0 Å². The van der Waals surface area contributed by atoms with Crippen molar-refractivity contribution in [2.45, 2.75) is 315 Å². The first kappa shape index (κ1) is 79.9. The molecule has 3 unspecified atom stereocenters. The van der Waals surface area contributed by atoms with Gasteiger partial charge in [-0.25, -0.2) is 4.57 Å². The Labute approximate surface area is 513 Å². The highest BCUT2D eigenvalue weighted by atomic mass is 31.2. The molecule has 0 saturated carbocycles. The zero-order valence-corrected chi connectivity index (χ0v) is 55.8. The third-order valence-corrected chi connectivity index (χ3v) is 16.0. The predicted octanol–water partition coefficient (Wildman–Crippen LogP) is 21.9. The molecule has 0 rings (SSSR count). The number of rotatable bonds is 62. The van der Waals surface area contributed by atoms with Gasteiger partial charge in [0.1, 0.15) is 19.3 Å². The number of amides is 1. The van der Waals surface area contributed by atoms with E-state index in [0.29, 0.717) is 17.4 Å². The Kier molecular flexibility index (Phi) is 59.7. The molecule has 10 heteroatoms. The van der Waals surface area contributed by atoms with Crippen molar-refractivity contribution < 1.29 is 37.3 Å². The Bertz CT molecular complexity index is 1740. The topological polar surface area (TPSA) is 111 Å². The van der Waals surface area contributed by atoms with Crippen LogP contribution >= 0.6 is 7.82 Å². The van der Waals surface area contributed by atoms with Crippen molar-refractivity contribution in [1.82, 2.24) is 5.32 Å². The largest absolute Gasteiger partial charge is 0.472 e. The van der Waals surface area contributed by atoms with Gasteiger partial charge in [-0.3, -0.25) is 18.6 Å². The summed E-state index contributed by atoms with van der Waals surface area (Å²) in [6, 6.07) is -0.863. The molecule has 0 heterocycles. The fraction of sp³-hybridized carbons (Fsp3) is 0.753. The molecule has 0 fully saturated rings. The minimum absolute atomic E-state index is 0.0331. The summed E-state index contributed by atoms with van der Waals surface area (Å²) in [6.07, 6.45) is 84.1. The van der Waals surface area contributed by atoms with Crippen LogP contribution in [-0.4, -0.2) is 74.3 Å². The Morgan fingerprint density at radius 1 is 0.434 bits per heavy atom. The van der Waals surface area contributed by atoms with Crippen LogP contribution in [0.1, 0.15) is 303 Å². The molecule has 0 bridgehead atoms. The average molecular weight is 1180 g/mol. The highest BCUT2D eigenvalue weighted by Gasteiger charge is 2.30. The molecule has 1 amide bonds. The number of allylic oxidation sites excluding steroid dienone is 15. The van der Waals surface area contributed by atoms with Crippen molar-refractivity contribution in [2.24, 2.45) is 0 Å². The van der Waals surface area contributed by atoms with Gasteiger partial charge in [0.05, 0.1) is 33.8 Å². The second-order valence-corrected chi connectivity index (χ2v) is 25.8. The lowest BCUT2D eigenvalue weighted by Gasteiger charge is -2.27. The number of quaternary nitrogens is 1. The second kappa shape index (κ2) is 62.0. The fourth-order valence-electron chi connectivity index (χ4n) is 9.70. The molecule has 0 aromatic carbocycles.